The number of esters is 1. The first-order valence-corrected chi connectivity index (χ1v) is 13.9. The summed E-state index contributed by atoms with van der Waals surface area (Å²) >= 11 is 0. The lowest BCUT2D eigenvalue weighted by atomic mass is 9.89. The fraction of sp³-hybridized carbons (Fsp3) is 0.406. The lowest BCUT2D eigenvalue weighted by molar-refractivity contribution is -0.158. The van der Waals surface area contributed by atoms with Gasteiger partial charge in [-0.25, -0.2) is 9.69 Å². The Morgan fingerprint density at radius 1 is 0.951 bits per heavy atom. The maximum absolute atomic E-state index is 14.0. The summed E-state index contributed by atoms with van der Waals surface area (Å²) in [4.78, 5) is 65.8. The molecule has 1 aliphatic heterocycles. The second kappa shape index (κ2) is 15.6. The number of aliphatic hydroxyl groups excluding tert-OH is 1. The number of aliphatic hydroxyl groups is 1. The van der Waals surface area contributed by atoms with Crippen LogP contribution >= 0.6 is 0 Å². The number of imide groups is 1. The number of ketones is 2. The average molecular weight is 564 g/mol. The molecule has 218 valence electrons. The number of benzene rings is 2. The van der Waals surface area contributed by atoms with Crippen LogP contribution in [0.5, 0.6) is 0 Å². The van der Waals surface area contributed by atoms with E-state index in [0.29, 0.717) is 24.0 Å². The summed E-state index contributed by atoms with van der Waals surface area (Å²) < 4.78 is 10.9. The van der Waals surface area contributed by atoms with Gasteiger partial charge >= 0.3 is 12.1 Å². The Labute approximate surface area is 240 Å². The lowest BCUT2D eigenvalue weighted by Crippen LogP contribution is -2.48. The van der Waals surface area contributed by atoms with Gasteiger partial charge in [0.1, 0.15) is 6.10 Å². The maximum atomic E-state index is 14.0. The van der Waals surface area contributed by atoms with Crippen molar-refractivity contribution in [3.05, 3.63) is 83.9 Å². The molecular formula is C32H37NO8. The fourth-order valence-corrected chi connectivity index (χ4v) is 4.85. The van der Waals surface area contributed by atoms with Crippen molar-refractivity contribution in [3.63, 3.8) is 0 Å². The second-order valence-electron chi connectivity index (χ2n) is 10.1. The third-order valence-corrected chi connectivity index (χ3v) is 6.95. The first-order valence-electron chi connectivity index (χ1n) is 13.9. The van der Waals surface area contributed by atoms with Gasteiger partial charge in [0, 0.05) is 20.0 Å². The van der Waals surface area contributed by atoms with Crippen molar-refractivity contribution >= 4 is 29.5 Å². The van der Waals surface area contributed by atoms with E-state index in [0.717, 1.165) is 36.8 Å². The lowest BCUT2D eigenvalue weighted by Gasteiger charge is -2.28. The molecule has 0 aliphatic carbocycles. The Bertz CT molecular complexity index is 1230. The van der Waals surface area contributed by atoms with Crippen molar-refractivity contribution in [2.45, 2.75) is 70.6 Å². The first-order chi connectivity index (χ1) is 19.7. The van der Waals surface area contributed by atoms with Crippen LogP contribution in [0.1, 0.15) is 63.2 Å². The molecule has 2 aromatic carbocycles. The summed E-state index contributed by atoms with van der Waals surface area (Å²) in [5.74, 6) is -3.76. The van der Waals surface area contributed by atoms with Gasteiger partial charge < -0.3 is 14.6 Å². The Morgan fingerprint density at radius 3 is 2.22 bits per heavy atom. The van der Waals surface area contributed by atoms with Crippen LogP contribution in [-0.4, -0.2) is 58.3 Å². The van der Waals surface area contributed by atoms with Gasteiger partial charge in [0.05, 0.1) is 12.0 Å². The minimum Gasteiger partial charge on any atom is -0.453 e. The van der Waals surface area contributed by atoms with Crippen LogP contribution in [0.2, 0.25) is 0 Å². The third kappa shape index (κ3) is 8.94. The van der Waals surface area contributed by atoms with Crippen LogP contribution in [0.4, 0.5) is 4.79 Å². The average Bonchev–Trinajstić information content (AvgIpc) is 3.27. The van der Waals surface area contributed by atoms with E-state index < -0.39 is 47.9 Å². The van der Waals surface area contributed by atoms with E-state index in [9.17, 15) is 24.0 Å². The number of amides is 2. The number of allylic oxidation sites excluding steroid dienone is 1. The molecule has 9 nitrogen and oxygen atoms in total. The SMILES string of the molecule is CC(=O)O[C@@H](C(=O)C=CC(=O)CCCCCCO)[C@H](Cc1ccccc1)C(=O)N1C(=O)O[C@@H](c2ccccc2)[C@H]1C. The van der Waals surface area contributed by atoms with Gasteiger partial charge in [-0.1, -0.05) is 73.5 Å². The standard InChI is InChI=1S/C32H37NO8/c1-22-29(25-15-9-6-10-16-25)41-32(39)33(22)31(38)27(21-24-13-7-5-8-14-24)30(40-23(2)35)28(37)19-18-26(36)17-11-3-4-12-20-34/h5-10,13-16,18-19,22,27,29-30,34H,3-4,11-12,17,20-21H2,1-2H3/t22-,27+,29-,30-/m1/s1. The largest absolute Gasteiger partial charge is 0.453 e. The Kier molecular flexibility index (Phi) is 12.0. The molecule has 0 aromatic heterocycles. The van der Waals surface area contributed by atoms with Crippen molar-refractivity contribution < 1.29 is 38.6 Å². The minimum atomic E-state index is -1.57. The van der Waals surface area contributed by atoms with Crippen molar-refractivity contribution in [1.82, 2.24) is 4.90 Å². The summed E-state index contributed by atoms with van der Waals surface area (Å²) in [6.45, 7) is 2.91. The van der Waals surface area contributed by atoms with E-state index in [1.165, 1.54) is 0 Å². The zero-order chi connectivity index (χ0) is 29.8. The number of cyclic esters (lactones) is 1. The highest BCUT2D eigenvalue weighted by Crippen LogP contribution is 2.34. The molecular weight excluding hydrogens is 526 g/mol. The first kappa shape index (κ1) is 31.4. The summed E-state index contributed by atoms with van der Waals surface area (Å²) in [5.41, 5.74) is 1.41. The predicted octanol–water partition coefficient (Wildman–Crippen LogP) is 4.52. The predicted molar refractivity (Wildman–Crippen MR) is 150 cm³/mol. The summed E-state index contributed by atoms with van der Waals surface area (Å²) in [6.07, 6.45) is 2.11. The molecule has 1 N–H and O–H groups in total. The molecule has 0 bridgehead atoms. The molecule has 9 heteroatoms. The summed E-state index contributed by atoms with van der Waals surface area (Å²) in [7, 11) is 0. The van der Waals surface area contributed by atoms with Crippen LogP contribution in [0.25, 0.3) is 0 Å². The molecule has 1 heterocycles. The van der Waals surface area contributed by atoms with Gasteiger partial charge in [0.2, 0.25) is 5.91 Å². The van der Waals surface area contributed by atoms with E-state index in [-0.39, 0.29) is 25.2 Å². The van der Waals surface area contributed by atoms with E-state index >= 15 is 0 Å². The summed E-state index contributed by atoms with van der Waals surface area (Å²) in [5, 5.41) is 8.87. The van der Waals surface area contributed by atoms with E-state index in [1.54, 1.807) is 61.5 Å². The molecule has 4 atom stereocenters. The molecule has 0 radical (unpaired) electrons. The van der Waals surface area contributed by atoms with Gasteiger partial charge in [-0.15, -0.1) is 0 Å². The number of unbranched alkanes of at least 4 members (excludes halogenated alkanes) is 3. The number of rotatable bonds is 15. The molecule has 3 rings (SSSR count). The van der Waals surface area contributed by atoms with E-state index in [1.807, 2.05) is 6.07 Å². The number of carbonyl (C=O) groups excluding carboxylic acids is 5. The van der Waals surface area contributed by atoms with Crippen LogP contribution in [0.3, 0.4) is 0 Å². The quantitative estimate of drug-likeness (QED) is 0.190. The molecule has 2 aromatic rings. The second-order valence-corrected chi connectivity index (χ2v) is 10.1. The van der Waals surface area contributed by atoms with Crippen molar-refractivity contribution in [3.8, 4) is 0 Å². The Hall–Kier alpha value is -4.11. The third-order valence-electron chi connectivity index (χ3n) is 6.95. The van der Waals surface area contributed by atoms with Gasteiger partial charge in [-0.3, -0.25) is 19.2 Å². The van der Waals surface area contributed by atoms with Gasteiger partial charge in [0.15, 0.2) is 17.7 Å². The molecule has 41 heavy (non-hydrogen) atoms. The molecule has 1 fully saturated rings. The molecule has 0 unspecified atom stereocenters. The van der Waals surface area contributed by atoms with Gasteiger partial charge in [0.25, 0.3) is 0 Å². The highest BCUT2D eigenvalue weighted by Gasteiger charge is 2.48. The number of hydrogen-bond donors (Lipinski definition) is 1. The molecule has 2 amide bonds. The zero-order valence-corrected chi connectivity index (χ0v) is 23.4. The van der Waals surface area contributed by atoms with E-state index in [2.05, 4.69) is 0 Å². The molecule has 1 saturated heterocycles. The fourth-order valence-electron chi connectivity index (χ4n) is 4.85. The molecule has 0 saturated carbocycles. The highest BCUT2D eigenvalue weighted by atomic mass is 16.6. The van der Waals surface area contributed by atoms with Crippen molar-refractivity contribution in [2.24, 2.45) is 5.92 Å². The van der Waals surface area contributed by atoms with Gasteiger partial charge in [-0.05, 0) is 49.5 Å². The smallest absolute Gasteiger partial charge is 0.417 e. The number of ether oxygens (including phenoxy) is 2. The van der Waals surface area contributed by atoms with Crippen molar-refractivity contribution in [1.29, 1.82) is 0 Å². The van der Waals surface area contributed by atoms with Crippen molar-refractivity contribution in [2.75, 3.05) is 6.61 Å². The normalized spacial score (nSPS) is 18.1. The number of hydrogen-bond acceptors (Lipinski definition) is 8. The number of nitrogens with zero attached hydrogens (tertiary/aromatic N) is 1. The molecule has 1 aliphatic rings. The number of carbonyl (C=O) groups is 5. The topological polar surface area (TPSA) is 127 Å². The maximum Gasteiger partial charge on any atom is 0.417 e. The Balaban J connectivity index is 1.86. The van der Waals surface area contributed by atoms with Gasteiger partial charge in [-0.2, -0.15) is 0 Å². The highest BCUT2D eigenvalue weighted by molar-refractivity contribution is 6.04. The van der Waals surface area contributed by atoms with Crippen LogP contribution in [-0.2, 0) is 35.1 Å². The van der Waals surface area contributed by atoms with E-state index in [4.69, 9.17) is 14.6 Å². The molecule has 0 spiro atoms. The van der Waals surface area contributed by atoms with Crippen LogP contribution in [0.15, 0.2) is 72.8 Å². The minimum absolute atomic E-state index is 0.00249. The summed E-state index contributed by atoms with van der Waals surface area (Å²) in [6, 6.07) is 17.2. The zero-order valence-electron chi connectivity index (χ0n) is 23.4. The van der Waals surface area contributed by atoms with Crippen LogP contribution in [0, 0.1) is 5.92 Å². The Morgan fingerprint density at radius 2 is 1.59 bits per heavy atom. The monoisotopic (exact) mass is 563 g/mol. The van der Waals surface area contributed by atoms with Crippen LogP contribution < -0.4 is 0 Å².